The fourth-order valence-electron chi connectivity index (χ4n) is 2.62. The number of rotatable bonds is 5. The molecule has 0 saturated carbocycles. The molecule has 2 N–H and O–H groups in total. The summed E-state index contributed by atoms with van der Waals surface area (Å²) < 4.78 is 7.06. The third-order valence-electron chi connectivity index (χ3n) is 4.02. The molecule has 0 spiro atoms. The second kappa shape index (κ2) is 8.33. The second-order valence-electron chi connectivity index (χ2n) is 5.83. The Hall–Kier alpha value is -2.70. The van der Waals surface area contributed by atoms with Crippen molar-refractivity contribution < 1.29 is 9.53 Å². The van der Waals surface area contributed by atoms with E-state index in [1.807, 2.05) is 42.1 Å². The van der Waals surface area contributed by atoms with Gasteiger partial charge in [0.15, 0.2) is 0 Å². The zero-order valence-corrected chi connectivity index (χ0v) is 16.3. The fraction of sp³-hybridized carbons (Fsp3) is 0.158. The lowest BCUT2D eigenvalue weighted by atomic mass is 10.1. The maximum atomic E-state index is 12.6. The lowest BCUT2D eigenvalue weighted by molar-refractivity contribution is 0.249. The monoisotopic (exact) mass is 404 g/mol. The van der Waals surface area contributed by atoms with Crippen molar-refractivity contribution in [1.82, 2.24) is 14.9 Å². The highest BCUT2D eigenvalue weighted by molar-refractivity contribution is 6.42. The SMILES string of the molecule is COc1ccc([C@H](NC(=O)Nc2ccc(Cl)c(Cl)c2)c2nccn2C)cc1. The largest absolute Gasteiger partial charge is 0.497 e. The van der Waals surface area contributed by atoms with Crippen LogP contribution in [0, 0.1) is 0 Å². The maximum Gasteiger partial charge on any atom is 0.320 e. The zero-order chi connectivity index (χ0) is 19.4. The number of amides is 2. The standard InChI is InChI=1S/C19H18Cl2N4O2/c1-25-10-9-22-18(25)17(12-3-6-14(27-2)7-4-12)24-19(26)23-13-5-8-15(20)16(21)11-13/h3-11,17H,1-2H3,(H2,23,24,26)/t17-/m0/s1. The van der Waals surface area contributed by atoms with E-state index in [4.69, 9.17) is 27.9 Å². The molecule has 1 atom stereocenters. The van der Waals surface area contributed by atoms with Gasteiger partial charge in [0.1, 0.15) is 17.6 Å². The quantitative estimate of drug-likeness (QED) is 0.650. The second-order valence-corrected chi connectivity index (χ2v) is 6.64. The van der Waals surface area contributed by atoms with Crippen LogP contribution in [0.15, 0.2) is 54.9 Å². The van der Waals surface area contributed by atoms with Gasteiger partial charge in [-0.15, -0.1) is 0 Å². The number of urea groups is 1. The Balaban J connectivity index is 1.83. The Labute approximate surface area is 167 Å². The van der Waals surface area contributed by atoms with Crippen molar-refractivity contribution in [2.75, 3.05) is 12.4 Å². The summed E-state index contributed by atoms with van der Waals surface area (Å²) in [6, 6.07) is 11.5. The number of carbonyl (C=O) groups excluding carboxylic acids is 1. The average Bonchev–Trinajstić information content (AvgIpc) is 3.08. The van der Waals surface area contributed by atoms with Crippen LogP contribution >= 0.6 is 23.2 Å². The Kier molecular flexibility index (Phi) is 5.88. The summed E-state index contributed by atoms with van der Waals surface area (Å²) in [5.41, 5.74) is 1.41. The molecule has 0 bridgehead atoms. The molecule has 0 aliphatic rings. The van der Waals surface area contributed by atoms with Crippen LogP contribution in [0.2, 0.25) is 10.0 Å². The first-order valence-electron chi connectivity index (χ1n) is 8.11. The molecule has 3 aromatic rings. The van der Waals surface area contributed by atoms with Gasteiger partial charge >= 0.3 is 6.03 Å². The number of nitrogens with one attached hydrogen (secondary N) is 2. The van der Waals surface area contributed by atoms with E-state index in [0.29, 0.717) is 21.6 Å². The molecule has 1 aromatic heterocycles. The molecule has 27 heavy (non-hydrogen) atoms. The van der Waals surface area contributed by atoms with Crippen molar-refractivity contribution in [1.29, 1.82) is 0 Å². The molecule has 0 aliphatic carbocycles. The molecule has 0 aliphatic heterocycles. The lowest BCUT2D eigenvalue weighted by Gasteiger charge is -2.20. The number of ether oxygens (including phenoxy) is 1. The number of nitrogens with zero attached hydrogens (tertiary/aromatic N) is 2. The van der Waals surface area contributed by atoms with Crippen molar-refractivity contribution in [3.63, 3.8) is 0 Å². The minimum Gasteiger partial charge on any atom is -0.497 e. The molecule has 0 radical (unpaired) electrons. The van der Waals surface area contributed by atoms with Crippen LogP contribution in [-0.2, 0) is 7.05 Å². The predicted molar refractivity (Wildman–Crippen MR) is 107 cm³/mol. The van der Waals surface area contributed by atoms with Crippen molar-refractivity contribution in [2.24, 2.45) is 7.05 Å². The number of halogens is 2. The summed E-state index contributed by atoms with van der Waals surface area (Å²) in [6.07, 6.45) is 3.51. The van der Waals surface area contributed by atoms with E-state index in [1.54, 1.807) is 31.5 Å². The van der Waals surface area contributed by atoms with Crippen LogP contribution in [0.1, 0.15) is 17.4 Å². The summed E-state index contributed by atoms with van der Waals surface area (Å²) in [7, 11) is 3.48. The third kappa shape index (κ3) is 4.53. The van der Waals surface area contributed by atoms with Crippen molar-refractivity contribution >= 4 is 34.9 Å². The van der Waals surface area contributed by atoms with Crippen molar-refractivity contribution in [3.8, 4) is 5.75 Å². The van der Waals surface area contributed by atoms with Gasteiger partial charge in [-0.1, -0.05) is 35.3 Å². The van der Waals surface area contributed by atoms with E-state index in [9.17, 15) is 4.79 Å². The normalized spacial score (nSPS) is 11.7. The summed E-state index contributed by atoms with van der Waals surface area (Å²) in [5.74, 6) is 1.43. The molecule has 0 fully saturated rings. The first-order chi connectivity index (χ1) is 13.0. The smallest absolute Gasteiger partial charge is 0.320 e. The topological polar surface area (TPSA) is 68.2 Å². The van der Waals surface area contributed by atoms with E-state index in [0.717, 1.165) is 11.3 Å². The maximum absolute atomic E-state index is 12.6. The first kappa shape index (κ1) is 19.1. The van der Waals surface area contributed by atoms with Gasteiger partial charge in [0.05, 0.1) is 17.2 Å². The number of imidazole rings is 1. The molecule has 2 aromatic carbocycles. The highest BCUT2D eigenvalue weighted by Gasteiger charge is 2.21. The summed E-state index contributed by atoms with van der Waals surface area (Å²) >= 11 is 11.9. The molecule has 8 heteroatoms. The number of aryl methyl sites for hydroxylation is 1. The van der Waals surface area contributed by atoms with Crippen molar-refractivity contribution in [3.05, 3.63) is 76.3 Å². The number of hydrogen-bond donors (Lipinski definition) is 2. The van der Waals surface area contributed by atoms with Gasteiger partial charge in [0, 0.05) is 25.1 Å². The van der Waals surface area contributed by atoms with Crippen LogP contribution in [0.25, 0.3) is 0 Å². The Bertz CT molecular complexity index is 941. The molecular formula is C19H18Cl2N4O2. The number of anilines is 1. The Morgan fingerprint density at radius 3 is 2.48 bits per heavy atom. The molecule has 1 heterocycles. The average molecular weight is 405 g/mol. The van der Waals surface area contributed by atoms with E-state index < -0.39 is 12.1 Å². The number of hydrogen-bond acceptors (Lipinski definition) is 3. The summed E-state index contributed by atoms with van der Waals surface area (Å²) in [4.78, 5) is 16.9. The molecule has 0 unspecified atom stereocenters. The third-order valence-corrected chi connectivity index (χ3v) is 4.76. The van der Waals surface area contributed by atoms with Gasteiger partial charge in [-0.3, -0.25) is 0 Å². The van der Waals surface area contributed by atoms with Crippen LogP contribution in [0.4, 0.5) is 10.5 Å². The van der Waals surface area contributed by atoms with Gasteiger partial charge in [-0.25, -0.2) is 9.78 Å². The molecule has 6 nitrogen and oxygen atoms in total. The predicted octanol–water partition coefficient (Wildman–Crippen LogP) is 4.65. The van der Waals surface area contributed by atoms with Gasteiger partial charge < -0.3 is 19.9 Å². The van der Waals surface area contributed by atoms with Gasteiger partial charge in [0.25, 0.3) is 0 Å². The van der Waals surface area contributed by atoms with Gasteiger partial charge in [0.2, 0.25) is 0 Å². The molecule has 0 saturated heterocycles. The Morgan fingerprint density at radius 1 is 1.15 bits per heavy atom. The van der Waals surface area contributed by atoms with Crippen LogP contribution < -0.4 is 15.4 Å². The fourth-order valence-corrected chi connectivity index (χ4v) is 2.92. The molecule has 3 rings (SSSR count). The zero-order valence-electron chi connectivity index (χ0n) is 14.7. The number of methoxy groups -OCH3 is 1. The highest BCUT2D eigenvalue weighted by Crippen LogP contribution is 2.26. The summed E-state index contributed by atoms with van der Waals surface area (Å²) in [6.45, 7) is 0. The minimum atomic E-state index is -0.446. The Morgan fingerprint density at radius 2 is 1.89 bits per heavy atom. The van der Waals surface area contributed by atoms with E-state index in [1.165, 1.54) is 0 Å². The van der Waals surface area contributed by atoms with Crippen LogP contribution in [0.5, 0.6) is 5.75 Å². The number of aromatic nitrogens is 2. The van der Waals surface area contributed by atoms with Crippen LogP contribution in [0.3, 0.4) is 0 Å². The number of benzene rings is 2. The lowest BCUT2D eigenvalue weighted by Crippen LogP contribution is -2.34. The van der Waals surface area contributed by atoms with Gasteiger partial charge in [-0.05, 0) is 35.9 Å². The molecule has 140 valence electrons. The minimum absolute atomic E-state index is 0.366. The molecular weight excluding hydrogens is 387 g/mol. The molecule has 2 amide bonds. The number of carbonyl (C=O) groups is 1. The summed E-state index contributed by atoms with van der Waals surface area (Å²) in [5, 5.41) is 6.49. The van der Waals surface area contributed by atoms with E-state index in [-0.39, 0.29) is 0 Å². The van der Waals surface area contributed by atoms with E-state index >= 15 is 0 Å². The van der Waals surface area contributed by atoms with E-state index in [2.05, 4.69) is 15.6 Å². The van der Waals surface area contributed by atoms with Gasteiger partial charge in [-0.2, -0.15) is 0 Å². The van der Waals surface area contributed by atoms with Crippen molar-refractivity contribution in [2.45, 2.75) is 6.04 Å². The van der Waals surface area contributed by atoms with Crippen LogP contribution in [-0.4, -0.2) is 22.7 Å². The highest BCUT2D eigenvalue weighted by atomic mass is 35.5. The first-order valence-corrected chi connectivity index (χ1v) is 8.87.